The summed E-state index contributed by atoms with van der Waals surface area (Å²) >= 11 is 0. The summed E-state index contributed by atoms with van der Waals surface area (Å²) in [6.45, 7) is 5.65. The zero-order chi connectivity index (χ0) is 21.5. The smallest absolute Gasteiger partial charge is 0.338 e. The highest BCUT2D eigenvalue weighted by Crippen LogP contribution is 2.50. The molecular formula is C22H30O7. The third-order valence-corrected chi connectivity index (χ3v) is 5.64. The number of esters is 1. The minimum Gasteiger partial charge on any atom is -0.459 e. The fraction of sp³-hybridized carbons (Fsp3) is 0.545. The molecule has 0 saturated carbocycles. The summed E-state index contributed by atoms with van der Waals surface area (Å²) < 4.78 is 27.7. The summed E-state index contributed by atoms with van der Waals surface area (Å²) in [6, 6.07) is 8.73. The zero-order valence-corrected chi connectivity index (χ0v) is 17.7. The molecule has 0 heterocycles. The van der Waals surface area contributed by atoms with Gasteiger partial charge < -0.3 is 23.7 Å². The van der Waals surface area contributed by atoms with E-state index in [0.29, 0.717) is 17.6 Å². The molecular weight excluding hydrogens is 376 g/mol. The van der Waals surface area contributed by atoms with Gasteiger partial charge in [-0.15, -0.1) is 0 Å². The molecule has 2 atom stereocenters. The van der Waals surface area contributed by atoms with Gasteiger partial charge in [0.25, 0.3) is 0 Å². The van der Waals surface area contributed by atoms with E-state index in [9.17, 15) is 9.59 Å². The molecule has 160 valence electrons. The van der Waals surface area contributed by atoms with Gasteiger partial charge in [-0.25, -0.2) is 4.79 Å². The van der Waals surface area contributed by atoms with Crippen LogP contribution in [-0.4, -0.2) is 58.4 Å². The Labute approximate surface area is 171 Å². The predicted molar refractivity (Wildman–Crippen MR) is 106 cm³/mol. The van der Waals surface area contributed by atoms with E-state index in [1.54, 1.807) is 24.3 Å². The van der Waals surface area contributed by atoms with Crippen molar-refractivity contribution >= 4 is 12.3 Å². The van der Waals surface area contributed by atoms with Crippen molar-refractivity contribution in [3.05, 3.63) is 47.0 Å². The topological polar surface area (TPSA) is 80.3 Å². The molecule has 0 spiro atoms. The van der Waals surface area contributed by atoms with Crippen LogP contribution in [0.15, 0.2) is 41.5 Å². The lowest BCUT2D eigenvalue weighted by Crippen LogP contribution is -2.58. The Bertz CT molecular complexity index is 726. The van der Waals surface area contributed by atoms with E-state index < -0.39 is 23.1 Å². The van der Waals surface area contributed by atoms with E-state index in [0.717, 1.165) is 11.9 Å². The highest BCUT2D eigenvalue weighted by atomic mass is 16.7. The molecule has 1 aromatic carbocycles. The molecule has 0 aliphatic heterocycles. The number of hydrogen-bond acceptors (Lipinski definition) is 7. The molecule has 2 rings (SSSR count). The number of methoxy groups -OCH3 is 2. The second kappa shape index (κ2) is 10.1. The quantitative estimate of drug-likeness (QED) is 0.335. The highest BCUT2D eigenvalue weighted by Gasteiger charge is 2.55. The van der Waals surface area contributed by atoms with Gasteiger partial charge in [0.1, 0.15) is 32.1 Å². The van der Waals surface area contributed by atoms with Gasteiger partial charge >= 0.3 is 5.97 Å². The fourth-order valence-corrected chi connectivity index (χ4v) is 3.73. The van der Waals surface area contributed by atoms with Crippen molar-refractivity contribution in [2.24, 2.45) is 5.41 Å². The van der Waals surface area contributed by atoms with E-state index in [2.05, 4.69) is 0 Å². The first-order valence-electron chi connectivity index (χ1n) is 9.45. The van der Waals surface area contributed by atoms with Gasteiger partial charge in [0, 0.05) is 31.6 Å². The van der Waals surface area contributed by atoms with Crippen molar-refractivity contribution in [1.29, 1.82) is 0 Å². The Hall–Kier alpha value is -2.06. The molecule has 0 aromatic heterocycles. The molecule has 0 N–H and O–H groups in total. The molecule has 0 fully saturated rings. The molecule has 29 heavy (non-hydrogen) atoms. The second-order valence-corrected chi connectivity index (χ2v) is 7.59. The summed E-state index contributed by atoms with van der Waals surface area (Å²) in [7, 11) is 3.04. The van der Waals surface area contributed by atoms with Gasteiger partial charge in [0.15, 0.2) is 0 Å². The Balaban J connectivity index is 2.37. The van der Waals surface area contributed by atoms with Gasteiger partial charge in [-0.05, 0) is 24.6 Å². The van der Waals surface area contributed by atoms with Crippen LogP contribution in [-0.2, 0) is 28.5 Å². The van der Waals surface area contributed by atoms with Crippen LogP contribution >= 0.6 is 0 Å². The van der Waals surface area contributed by atoms with Gasteiger partial charge in [-0.1, -0.05) is 32.0 Å². The minimum atomic E-state index is -1.03. The van der Waals surface area contributed by atoms with Crippen LogP contribution in [0.25, 0.3) is 0 Å². The maximum absolute atomic E-state index is 12.5. The van der Waals surface area contributed by atoms with E-state index >= 15 is 0 Å². The van der Waals surface area contributed by atoms with Gasteiger partial charge in [-0.2, -0.15) is 0 Å². The zero-order valence-electron chi connectivity index (χ0n) is 17.7. The summed E-state index contributed by atoms with van der Waals surface area (Å²) in [6.07, 6.45) is 0.773. The fourth-order valence-electron chi connectivity index (χ4n) is 3.73. The summed E-state index contributed by atoms with van der Waals surface area (Å²) in [5.74, 6) is -0.463. The molecule has 0 bridgehead atoms. The van der Waals surface area contributed by atoms with Crippen molar-refractivity contribution in [2.45, 2.75) is 38.9 Å². The van der Waals surface area contributed by atoms with E-state index in [-0.39, 0.29) is 20.2 Å². The van der Waals surface area contributed by atoms with Gasteiger partial charge in [-0.3, -0.25) is 4.79 Å². The minimum absolute atomic E-state index is 0.0193. The molecule has 1 aliphatic carbocycles. The van der Waals surface area contributed by atoms with Crippen LogP contribution in [0, 0.1) is 5.41 Å². The van der Waals surface area contributed by atoms with Crippen LogP contribution < -0.4 is 0 Å². The molecule has 0 saturated heterocycles. The number of carbonyl (C=O) groups is 2. The average molecular weight is 406 g/mol. The first kappa shape index (κ1) is 23.2. The number of aldehydes is 1. The number of ether oxygens (including phenoxy) is 5. The highest BCUT2D eigenvalue weighted by molar-refractivity contribution is 5.89. The molecule has 7 heteroatoms. The molecule has 1 aromatic rings. The number of rotatable bonds is 10. The second-order valence-electron chi connectivity index (χ2n) is 7.59. The number of benzene rings is 1. The summed E-state index contributed by atoms with van der Waals surface area (Å²) in [4.78, 5) is 24.5. The first-order valence-corrected chi connectivity index (χ1v) is 9.45. The molecule has 7 nitrogen and oxygen atoms in total. The van der Waals surface area contributed by atoms with Crippen molar-refractivity contribution in [3.63, 3.8) is 0 Å². The normalized spacial score (nSPS) is 23.7. The van der Waals surface area contributed by atoms with Crippen molar-refractivity contribution < 1.29 is 33.3 Å². The molecule has 0 amide bonds. The van der Waals surface area contributed by atoms with Crippen LogP contribution in [0.1, 0.15) is 37.6 Å². The lowest BCUT2D eigenvalue weighted by Gasteiger charge is -2.51. The monoisotopic (exact) mass is 406 g/mol. The van der Waals surface area contributed by atoms with E-state index in [4.69, 9.17) is 23.7 Å². The third kappa shape index (κ3) is 4.93. The van der Waals surface area contributed by atoms with Crippen LogP contribution in [0.3, 0.4) is 0 Å². The van der Waals surface area contributed by atoms with Crippen molar-refractivity contribution in [1.82, 2.24) is 0 Å². The molecule has 1 aliphatic rings. The van der Waals surface area contributed by atoms with E-state index in [1.807, 2.05) is 26.8 Å². The Morgan fingerprint density at radius 3 is 2.38 bits per heavy atom. The lowest BCUT2D eigenvalue weighted by molar-refractivity contribution is -0.213. The molecule has 0 unspecified atom stereocenters. The van der Waals surface area contributed by atoms with E-state index in [1.165, 1.54) is 14.2 Å². The van der Waals surface area contributed by atoms with Crippen LogP contribution in [0.4, 0.5) is 0 Å². The lowest BCUT2D eigenvalue weighted by atomic mass is 9.62. The van der Waals surface area contributed by atoms with Gasteiger partial charge in [0.2, 0.25) is 0 Å². The average Bonchev–Trinajstić information content (AvgIpc) is 2.72. The Morgan fingerprint density at radius 2 is 1.79 bits per heavy atom. The van der Waals surface area contributed by atoms with Crippen molar-refractivity contribution in [2.75, 3.05) is 34.4 Å². The largest absolute Gasteiger partial charge is 0.459 e. The van der Waals surface area contributed by atoms with Gasteiger partial charge in [0.05, 0.1) is 11.7 Å². The summed E-state index contributed by atoms with van der Waals surface area (Å²) in [5.41, 5.74) is 0.0328. The molecule has 0 radical (unpaired) electrons. The SMILES string of the molecule is COCO[C@H]1C[C@](COC(=O)c2ccccc2)(OCOC)C(C)(C)C(C=O)=C1C. The number of carbonyl (C=O) groups excluding carboxylic acids is 2. The van der Waals surface area contributed by atoms with Crippen LogP contribution in [0.5, 0.6) is 0 Å². The predicted octanol–water partition coefficient (Wildman–Crippen LogP) is 3.14. The first-order chi connectivity index (χ1) is 13.8. The standard InChI is InChI=1S/C22H30O7/c1-16-18(12-23)21(2,3)22(29-15-26-5,11-19(16)28-14-25-4)13-27-20(24)17-9-7-6-8-10-17/h6-10,12,19H,11,13-15H2,1-5H3/t19-,22+/m0/s1. The Kier molecular flexibility index (Phi) is 8.10. The summed E-state index contributed by atoms with van der Waals surface area (Å²) in [5, 5.41) is 0. The van der Waals surface area contributed by atoms with Crippen LogP contribution in [0.2, 0.25) is 0 Å². The van der Waals surface area contributed by atoms with Crippen molar-refractivity contribution in [3.8, 4) is 0 Å². The maximum atomic E-state index is 12.5. The maximum Gasteiger partial charge on any atom is 0.338 e. The Morgan fingerprint density at radius 1 is 1.14 bits per heavy atom. The third-order valence-electron chi connectivity index (χ3n) is 5.64. The number of hydrogen-bond donors (Lipinski definition) is 0.